The van der Waals surface area contributed by atoms with Crippen LogP contribution in [0.4, 0.5) is 0 Å². The zero-order valence-electron chi connectivity index (χ0n) is 12.2. The van der Waals surface area contributed by atoms with Crippen molar-refractivity contribution < 1.29 is 4.74 Å². The Balaban J connectivity index is 2.54. The van der Waals surface area contributed by atoms with Gasteiger partial charge in [-0.15, -0.1) is 0 Å². The molecule has 0 amide bonds. The Bertz CT molecular complexity index is 208. The molecule has 1 rings (SSSR count). The zero-order chi connectivity index (χ0) is 12.8. The number of hydrogen-bond acceptors (Lipinski definition) is 3. The molecule has 1 heterocycles. The Labute approximate surface area is 107 Å². The van der Waals surface area contributed by atoms with E-state index in [0.717, 1.165) is 13.2 Å². The quantitative estimate of drug-likeness (QED) is 0.772. The standard InChI is InChI=1S/C14H30N2O/c1-6-15-13-7-8-16(12(4)9-13)14(10-17-5)11(2)3/h11-15H,6-10H2,1-5H3. The fourth-order valence-electron chi connectivity index (χ4n) is 3.00. The van der Waals surface area contributed by atoms with E-state index in [1.807, 2.05) is 7.11 Å². The summed E-state index contributed by atoms with van der Waals surface area (Å²) >= 11 is 0. The highest BCUT2D eigenvalue weighted by Gasteiger charge is 2.31. The van der Waals surface area contributed by atoms with E-state index in [-0.39, 0.29) is 0 Å². The number of nitrogens with zero attached hydrogens (tertiary/aromatic N) is 1. The lowest BCUT2D eigenvalue weighted by Crippen LogP contribution is -2.54. The SMILES string of the molecule is CCNC1CCN(C(COC)C(C)C)C(C)C1. The van der Waals surface area contributed by atoms with Gasteiger partial charge in [-0.3, -0.25) is 4.90 Å². The normalized spacial score (nSPS) is 28.6. The van der Waals surface area contributed by atoms with Gasteiger partial charge in [-0.25, -0.2) is 0 Å². The molecule has 3 nitrogen and oxygen atoms in total. The summed E-state index contributed by atoms with van der Waals surface area (Å²) in [5, 5.41) is 3.58. The maximum Gasteiger partial charge on any atom is 0.0620 e. The van der Waals surface area contributed by atoms with E-state index < -0.39 is 0 Å². The predicted molar refractivity (Wildman–Crippen MR) is 73.4 cm³/mol. The molecular weight excluding hydrogens is 212 g/mol. The topological polar surface area (TPSA) is 24.5 Å². The maximum atomic E-state index is 5.38. The molecule has 1 aliphatic heterocycles. The summed E-state index contributed by atoms with van der Waals surface area (Å²) < 4.78 is 5.38. The van der Waals surface area contributed by atoms with Gasteiger partial charge in [-0.05, 0) is 32.2 Å². The van der Waals surface area contributed by atoms with Gasteiger partial charge in [-0.2, -0.15) is 0 Å². The van der Waals surface area contributed by atoms with Gasteiger partial charge in [0.25, 0.3) is 0 Å². The lowest BCUT2D eigenvalue weighted by Gasteiger charge is -2.44. The molecule has 1 saturated heterocycles. The first-order chi connectivity index (χ1) is 8.10. The summed E-state index contributed by atoms with van der Waals surface area (Å²) in [6, 6.07) is 1.94. The highest BCUT2D eigenvalue weighted by molar-refractivity contribution is 4.87. The van der Waals surface area contributed by atoms with Crippen molar-refractivity contribution in [2.75, 3.05) is 26.8 Å². The minimum absolute atomic E-state index is 0.567. The molecule has 1 fully saturated rings. The zero-order valence-corrected chi connectivity index (χ0v) is 12.2. The number of rotatable bonds is 6. The van der Waals surface area contributed by atoms with Gasteiger partial charge in [0.2, 0.25) is 0 Å². The molecule has 0 aliphatic carbocycles. The molecule has 1 aliphatic rings. The van der Waals surface area contributed by atoms with Crippen molar-refractivity contribution in [3.8, 4) is 0 Å². The monoisotopic (exact) mass is 242 g/mol. The van der Waals surface area contributed by atoms with Gasteiger partial charge in [0, 0.05) is 31.8 Å². The molecule has 0 radical (unpaired) electrons. The van der Waals surface area contributed by atoms with E-state index in [1.165, 1.54) is 19.4 Å². The molecule has 0 aromatic rings. The molecule has 17 heavy (non-hydrogen) atoms. The number of nitrogens with one attached hydrogen (secondary N) is 1. The summed E-state index contributed by atoms with van der Waals surface area (Å²) in [5.41, 5.74) is 0. The summed E-state index contributed by atoms with van der Waals surface area (Å²) in [6.45, 7) is 12.3. The van der Waals surface area contributed by atoms with Crippen LogP contribution >= 0.6 is 0 Å². The van der Waals surface area contributed by atoms with Crippen LogP contribution in [0, 0.1) is 5.92 Å². The molecule has 3 heteroatoms. The van der Waals surface area contributed by atoms with E-state index in [4.69, 9.17) is 4.74 Å². The molecule has 0 spiro atoms. The van der Waals surface area contributed by atoms with E-state index in [2.05, 4.69) is 37.9 Å². The molecule has 102 valence electrons. The van der Waals surface area contributed by atoms with Crippen molar-refractivity contribution in [1.82, 2.24) is 10.2 Å². The number of piperidine rings is 1. The molecule has 3 atom stereocenters. The van der Waals surface area contributed by atoms with Crippen molar-refractivity contribution in [3.05, 3.63) is 0 Å². The van der Waals surface area contributed by atoms with E-state index in [0.29, 0.717) is 24.0 Å². The van der Waals surface area contributed by atoms with Gasteiger partial charge >= 0.3 is 0 Å². The van der Waals surface area contributed by atoms with Crippen molar-refractivity contribution in [1.29, 1.82) is 0 Å². The van der Waals surface area contributed by atoms with Crippen LogP contribution < -0.4 is 5.32 Å². The van der Waals surface area contributed by atoms with Gasteiger partial charge in [0.15, 0.2) is 0 Å². The second kappa shape index (κ2) is 7.34. The third-order valence-corrected chi connectivity index (χ3v) is 3.95. The summed E-state index contributed by atoms with van der Waals surface area (Å²) in [7, 11) is 1.81. The summed E-state index contributed by atoms with van der Waals surface area (Å²) in [4.78, 5) is 2.64. The van der Waals surface area contributed by atoms with Gasteiger partial charge < -0.3 is 10.1 Å². The van der Waals surface area contributed by atoms with Crippen LogP contribution in [-0.4, -0.2) is 49.8 Å². The van der Waals surface area contributed by atoms with E-state index >= 15 is 0 Å². The second-order valence-corrected chi connectivity index (χ2v) is 5.63. The number of likely N-dealkylation sites (tertiary alicyclic amines) is 1. The summed E-state index contributed by atoms with van der Waals surface area (Å²) in [6.07, 6.45) is 2.53. The van der Waals surface area contributed by atoms with Gasteiger partial charge in [0.05, 0.1) is 6.61 Å². The molecular formula is C14H30N2O. The Morgan fingerprint density at radius 3 is 2.59 bits per heavy atom. The van der Waals surface area contributed by atoms with Crippen molar-refractivity contribution in [3.63, 3.8) is 0 Å². The molecule has 0 bridgehead atoms. The fourth-order valence-corrected chi connectivity index (χ4v) is 3.00. The molecule has 0 aromatic carbocycles. The van der Waals surface area contributed by atoms with Gasteiger partial charge in [0.1, 0.15) is 0 Å². The van der Waals surface area contributed by atoms with E-state index in [9.17, 15) is 0 Å². The predicted octanol–water partition coefficient (Wildman–Crippen LogP) is 2.12. The van der Waals surface area contributed by atoms with Crippen LogP contribution in [0.25, 0.3) is 0 Å². The molecule has 0 aromatic heterocycles. The first-order valence-corrected chi connectivity index (χ1v) is 7.08. The molecule has 3 unspecified atom stereocenters. The average Bonchev–Trinajstić information content (AvgIpc) is 2.27. The number of ether oxygens (including phenoxy) is 1. The Kier molecular flexibility index (Phi) is 6.45. The van der Waals surface area contributed by atoms with Crippen molar-refractivity contribution >= 4 is 0 Å². The first-order valence-electron chi connectivity index (χ1n) is 7.08. The maximum absolute atomic E-state index is 5.38. The van der Waals surface area contributed by atoms with Crippen molar-refractivity contribution in [2.24, 2.45) is 5.92 Å². The second-order valence-electron chi connectivity index (χ2n) is 5.63. The number of hydrogen-bond donors (Lipinski definition) is 1. The highest BCUT2D eigenvalue weighted by atomic mass is 16.5. The van der Waals surface area contributed by atoms with Crippen LogP contribution in [0.2, 0.25) is 0 Å². The Morgan fingerprint density at radius 2 is 2.12 bits per heavy atom. The average molecular weight is 242 g/mol. The molecule has 0 saturated carbocycles. The highest BCUT2D eigenvalue weighted by Crippen LogP contribution is 2.23. The van der Waals surface area contributed by atoms with Crippen LogP contribution in [0.15, 0.2) is 0 Å². The lowest BCUT2D eigenvalue weighted by molar-refractivity contribution is 0.0167. The Hall–Kier alpha value is -0.120. The largest absolute Gasteiger partial charge is 0.383 e. The van der Waals surface area contributed by atoms with Crippen LogP contribution in [0.5, 0.6) is 0 Å². The lowest BCUT2D eigenvalue weighted by atomic mass is 9.93. The Morgan fingerprint density at radius 1 is 1.41 bits per heavy atom. The minimum atomic E-state index is 0.567. The first kappa shape index (κ1) is 14.9. The van der Waals surface area contributed by atoms with Crippen molar-refractivity contribution in [2.45, 2.75) is 58.7 Å². The molecule has 1 N–H and O–H groups in total. The summed E-state index contributed by atoms with van der Waals surface area (Å²) in [5.74, 6) is 0.660. The van der Waals surface area contributed by atoms with Crippen LogP contribution in [0.1, 0.15) is 40.5 Å². The van der Waals surface area contributed by atoms with Crippen LogP contribution in [0.3, 0.4) is 0 Å². The third kappa shape index (κ3) is 4.23. The van der Waals surface area contributed by atoms with Gasteiger partial charge in [-0.1, -0.05) is 20.8 Å². The number of methoxy groups -OCH3 is 1. The minimum Gasteiger partial charge on any atom is -0.383 e. The van der Waals surface area contributed by atoms with E-state index in [1.54, 1.807) is 0 Å². The smallest absolute Gasteiger partial charge is 0.0620 e. The van der Waals surface area contributed by atoms with Crippen LogP contribution in [-0.2, 0) is 4.74 Å². The third-order valence-electron chi connectivity index (χ3n) is 3.95. The fraction of sp³-hybridized carbons (Fsp3) is 1.00.